The van der Waals surface area contributed by atoms with Crippen LogP contribution in [-0.4, -0.2) is 48.8 Å². The quantitative estimate of drug-likeness (QED) is 0.419. The lowest BCUT2D eigenvalue weighted by Crippen LogP contribution is -2.30. The molecule has 1 N–H and O–H groups in total. The summed E-state index contributed by atoms with van der Waals surface area (Å²) in [6.07, 6.45) is 3.48. The van der Waals surface area contributed by atoms with Gasteiger partial charge in [-0.05, 0) is 49.2 Å². The highest BCUT2D eigenvalue weighted by molar-refractivity contribution is 7.99. The normalized spacial score (nSPS) is 15.8. The molecule has 2 aromatic heterocycles. The summed E-state index contributed by atoms with van der Waals surface area (Å²) in [7, 11) is 1.83. The van der Waals surface area contributed by atoms with Crippen molar-refractivity contribution in [3.8, 4) is 0 Å². The van der Waals surface area contributed by atoms with E-state index < -0.39 is 0 Å². The Kier molecular flexibility index (Phi) is 6.10. The largest absolute Gasteiger partial charge is 0.329 e. The fourth-order valence-electron chi connectivity index (χ4n) is 3.89. The van der Waals surface area contributed by atoms with Crippen molar-refractivity contribution in [1.82, 2.24) is 24.6 Å². The summed E-state index contributed by atoms with van der Waals surface area (Å²) in [4.78, 5) is 32.2. The first-order valence-corrected chi connectivity index (χ1v) is 12.4. The molecular weight excluding hydrogens is 456 g/mol. The van der Waals surface area contributed by atoms with Gasteiger partial charge in [0.2, 0.25) is 5.91 Å². The zero-order valence-electron chi connectivity index (χ0n) is 18.0. The van der Waals surface area contributed by atoms with E-state index in [-0.39, 0.29) is 23.6 Å². The van der Waals surface area contributed by atoms with Gasteiger partial charge in [-0.1, -0.05) is 23.9 Å². The fraction of sp³-hybridized carbons (Fsp3) is 0.261. The molecule has 1 fully saturated rings. The second-order valence-electron chi connectivity index (χ2n) is 7.82. The van der Waals surface area contributed by atoms with Gasteiger partial charge in [-0.15, -0.1) is 21.5 Å². The lowest BCUT2D eigenvalue weighted by molar-refractivity contribution is -0.113. The molecule has 2 aromatic carbocycles. The van der Waals surface area contributed by atoms with Gasteiger partial charge in [0.05, 0.1) is 22.0 Å². The van der Waals surface area contributed by atoms with Crippen LogP contribution in [0, 0.1) is 0 Å². The Bertz CT molecular complexity index is 1270. The number of fused-ring (bicyclic) bond motifs is 1. The van der Waals surface area contributed by atoms with Crippen LogP contribution in [0.15, 0.2) is 60.0 Å². The monoisotopic (exact) mass is 478 g/mol. The molecule has 1 atom stereocenters. The van der Waals surface area contributed by atoms with E-state index in [4.69, 9.17) is 4.98 Å². The molecular formula is C23H22N6O2S2. The number of aryl methyl sites for hydroxylation is 1. The molecule has 1 saturated heterocycles. The van der Waals surface area contributed by atoms with Gasteiger partial charge in [0.15, 0.2) is 5.16 Å². The number of benzene rings is 2. The number of para-hydroxylation sites is 1. The third-order valence-corrected chi connectivity index (χ3v) is 7.70. The van der Waals surface area contributed by atoms with Crippen molar-refractivity contribution in [1.29, 1.82) is 0 Å². The lowest BCUT2D eigenvalue weighted by atomic mass is 10.1. The van der Waals surface area contributed by atoms with Crippen LogP contribution in [0.1, 0.15) is 34.2 Å². The summed E-state index contributed by atoms with van der Waals surface area (Å²) in [6, 6.07) is 15.1. The molecule has 10 heteroatoms. The van der Waals surface area contributed by atoms with Gasteiger partial charge in [-0.2, -0.15) is 0 Å². The number of rotatable bonds is 6. The highest BCUT2D eigenvalue weighted by atomic mass is 32.2. The lowest BCUT2D eigenvalue weighted by Gasteiger charge is -2.23. The third kappa shape index (κ3) is 4.62. The molecule has 4 aromatic rings. The standard InChI is InChI=1S/C23H22N6O2S2/c1-28-14-24-27-23(28)32-13-20(30)25-16-10-8-15(9-11-16)22(31)29-12-4-6-18(29)21-26-17-5-2-3-7-19(17)33-21/h2-3,5,7-11,14,18H,4,6,12-13H2,1H3,(H,25,30)/t18-/m0/s1. The Morgan fingerprint density at radius 3 is 2.76 bits per heavy atom. The Morgan fingerprint density at radius 1 is 1.18 bits per heavy atom. The van der Waals surface area contributed by atoms with E-state index in [0.717, 1.165) is 34.6 Å². The smallest absolute Gasteiger partial charge is 0.254 e. The van der Waals surface area contributed by atoms with Gasteiger partial charge in [0, 0.05) is 24.8 Å². The van der Waals surface area contributed by atoms with Crippen LogP contribution in [0.3, 0.4) is 0 Å². The highest BCUT2D eigenvalue weighted by Crippen LogP contribution is 2.37. The number of hydrogen-bond donors (Lipinski definition) is 1. The van der Waals surface area contributed by atoms with E-state index in [9.17, 15) is 9.59 Å². The van der Waals surface area contributed by atoms with E-state index in [1.165, 1.54) is 11.8 Å². The number of nitrogens with zero attached hydrogens (tertiary/aromatic N) is 5. The van der Waals surface area contributed by atoms with Crippen LogP contribution >= 0.6 is 23.1 Å². The van der Waals surface area contributed by atoms with Gasteiger partial charge in [0.1, 0.15) is 11.3 Å². The minimum atomic E-state index is -0.141. The van der Waals surface area contributed by atoms with Gasteiger partial charge in [0.25, 0.3) is 5.91 Å². The van der Waals surface area contributed by atoms with E-state index in [1.807, 2.05) is 30.1 Å². The van der Waals surface area contributed by atoms with Gasteiger partial charge in [-0.3, -0.25) is 9.59 Å². The molecule has 5 rings (SSSR count). The summed E-state index contributed by atoms with van der Waals surface area (Å²) in [5, 5.41) is 12.3. The topological polar surface area (TPSA) is 93.0 Å². The zero-order valence-corrected chi connectivity index (χ0v) is 19.6. The molecule has 0 saturated carbocycles. The second kappa shape index (κ2) is 9.32. The molecule has 0 unspecified atom stereocenters. The zero-order chi connectivity index (χ0) is 22.8. The molecule has 168 valence electrons. The molecule has 0 bridgehead atoms. The number of anilines is 1. The first kappa shape index (κ1) is 21.6. The summed E-state index contributed by atoms with van der Waals surface area (Å²) in [5.74, 6) is 0.0789. The molecule has 3 heterocycles. The van der Waals surface area contributed by atoms with E-state index in [0.29, 0.717) is 16.4 Å². The molecule has 1 aliphatic heterocycles. The number of thiazole rings is 1. The molecule has 1 aliphatic rings. The number of hydrogen-bond acceptors (Lipinski definition) is 7. The van der Waals surface area contributed by atoms with Crippen LogP contribution in [0.25, 0.3) is 10.2 Å². The van der Waals surface area contributed by atoms with E-state index in [2.05, 4.69) is 21.6 Å². The SMILES string of the molecule is Cn1cnnc1SCC(=O)Nc1ccc(C(=O)N2CCC[C@H]2c2nc3ccccc3s2)cc1. The van der Waals surface area contributed by atoms with Crippen LogP contribution < -0.4 is 5.32 Å². The average Bonchev–Trinajstić information content (AvgIpc) is 3.56. The number of nitrogens with one attached hydrogen (secondary N) is 1. The van der Waals surface area contributed by atoms with E-state index >= 15 is 0 Å². The molecule has 8 nitrogen and oxygen atoms in total. The van der Waals surface area contributed by atoms with Crippen LogP contribution in [0.2, 0.25) is 0 Å². The molecule has 0 aliphatic carbocycles. The molecule has 33 heavy (non-hydrogen) atoms. The maximum atomic E-state index is 13.2. The first-order valence-electron chi connectivity index (χ1n) is 10.6. The fourth-order valence-corrected chi connectivity index (χ4v) is 5.69. The Labute approximate surface area is 199 Å². The van der Waals surface area contributed by atoms with Crippen molar-refractivity contribution in [2.45, 2.75) is 24.0 Å². The van der Waals surface area contributed by atoms with Crippen LogP contribution in [0.5, 0.6) is 0 Å². The predicted molar refractivity (Wildman–Crippen MR) is 129 cm³/mol. The Hall–Kier alpha value is -3.24. The molecule has 0 radical (unpaired) electrons. The number of carbonyl (C=O) groups excluding carboxylic acids is 2. The number of likely N-dealkylation sites (tertiary alicyclic amines) is 1. The van der Waals surface area contributed by atoms with E-state index in [1.54, 1.807) is 46.5 Å². The third-order valence-electron chi connectivity index (χ3n) is 5.53. The van der Waals surface area contributed by atoms with Crippen molar-refractivity contribution in [3.05, 3.63) is 65.4 Å². The molecule has 2 amide bonds. The second-order valence-corrected chi connectivity index (χ2v) is 9.82. The number of carbonyl (C=O) groups is 2. The average molecular weight is 479 g/mol. The van der Waals surface area contributed by atoms with Gasteiger partial charge >= 0.3 is 0 Å². The van der Waals surface area contributed by atoms with Crippen molar-refractivity contribution in [2.24, 2.45) is 7.05 Å². The maximum absolute atomic E-state index is 13.2. The van der Waals surface area contributed by atoms with Crippen LogP contribution in [0.4, 0.5) is 5.69 Å². The number of amides is 2. The first-order chi connectivity index (χ1) is 16.1. The van der Waals surface area contributed by atoms with Gasteiger partial charge in [-0.25, -0.2) is 4.98 Å². The highest BCUT2D eigenvalue weighted by Gasteiger charge is 2.32. The van der Waals surface area contributed by atoms with Crippen molar-refractivity contribution < 1.29 is 9.59 Å². The predicted octanol–water partition coefficient (Wildman–Crippen LogP) is 4.13. The van der Waals surface area contributed by atoms with Crippen molar-refractivity contribution in [2.75, 3.05) is 17.6 Å². The van der Waals surface area contributed by atoms with Crippen molar-refractivity contribution in [3.63, 3.8) is 0 Å². The Morgan fingerprint density at radius 2 is 2.00 bits per heavy atom. The van der Waals surface area contributed by atoms with Crippen molar-refractivity contribution >= 4 is 50.8 Å². The number of aromatic nitrogens is 4. The summed E-state index contributed by atoms with van der Waals surface area (Å²) >= 11 is 2.98. The molecule has 0 spiro atoms. The summed E-state index contributed by atoms with van der Waals surface area (Å²) < 4.78 is 2.91. The minimum absolute atomic E-state index is 0.00640. The van der Waals surface area contributed by atoms with Crippen LogP contribution in [-0.2, 0) is 11.8 Å². The minimum Gasteiger partial charge on any atom is -0.329 e. The summed E-state index contributed by atoms with van der Waals surface area (Å²) in [6.45, 7) is 0.719. The Balaban J connectivity index is 1.23. The number of thioether (sulfide) groups is 1. The maximum Gasteiger partial charge on any atom is 0.254 e. The van der Waals surface area contributed by atoms with Gasteiger partial charge < -0.3 is 14.8 Å². The summed E-state index contributed by atoms with van der Waals surface area (Å²) in [5.41, 5.74) is 2.24.